The second-order valence-electron chi connectivity index (χ2n) is 6.42. The van der Waals surface area contributed by atoms with E-state index in [0.29, 0.717) is 0 Å². The Bertz CT molecular complexity index is 404. The second-order valence-corrected chi connectivity index (χ2v) is 6.86. The lowest BCUT2D eigenvalue weighted by Crippen LogP contribution is -3.15. The fraction of sp³-hybridized carbons (Fsp3) is 0.647. The molecule has 1 saturated heterocycles. The fourth-order valence-electron chi connectivity index (χ4n) is 3.74. The lowest BCUT2D eigenvalue weighted by molar-refractivity contribution is -0.904. The van der Waals surface area contributed by atoms with Gasteiger partial charge in [-0.15, -0.1) is 0 Å². The third-order valence-corrected chi connectivity index (χ3v) is 5.22. The van der Waals surface area contributed by atoms with E-state index >= 15 is 0 Å². The Balaban J connectivity index is 1.47. The first-order chi connectivity index (χ1) is 9.81. The lowest BCUT2D eigenvalue weighted by Gasteiger charge is -2.35. The summed E-state index contributed by atoms with van der Waals surface area (Å²) in [6, 6.07) is 8.29. The first-order valence-corrected chi connectivity index (χ1v) is 8.53. The summed E-state index contributed by atoms with van der Waals surface area (Å²) in [6.07, 6.45) is 7.36. The van der Waals surface area contributed by atoms with Crippen molar-refractivity contribution in [1.82, 2.24) is 0 Å². The van der Waals surface area contributed by atoms with Gasteiger partial charge in [0.1, 0.15) is 0 Å². The van der Waals surface area contributed by atoms with E-state index in [9.17, 15) is 0 Å². The SMILES string of the molecule is Clc1ccc(N2CC[NH+](CC3CCCCC3)CC2)cc1. The van der Waals surface area contributed by atoms with Crippen LogP contribution < -0.4 is 9.80 Å². The highest BCUT2D eigenvalue weighted by Gasteiger charge is 2.24. The van der Waals surface area contributed by atoms with Crippen molar-refractivity contribution < 1.29 is 4.90 Å². The van der Waals surface area contributed by atoms with Gasteiger partial charge >= 0.3 is 0 Å². The van der Waals surface area contributed by atoms with Gasteiger partial charge in [-0.3, -0.25) is 0 Å². The van der Waals surface area contributed by atoms with E-state index in [1.54, 1.807) is 0 Å². The van der Waals surface area contributed by atoms with Crippen LogP contribution in [0.25, 0.3) is 0 Å². The van der Waals surface area contributed by atoms with E-state index < -0.39 is 0 Å². The van der Waals surface area contributed by atoms with Crippen molar-refractivity contribution in [2.75, 3.05) is 37.6 Å². The van der Waals surface area contributed by atoms with Gasteiger partial charge in [-0.2, -0.15) is 0 Å². The van der Waals surface area contributed by atoms with Crippen LogP contribution in [0.1, 0.15) is 32.1 Å². The van der Waals surface area contributed by atoms with Gasteiger partial charge in [0.15, 0.2) is 0 Å². The van der Waals surface area contributed by atoms with E-state index in [4.69, 9.17) is 11.6 Å². The van der Waals surface area contributed by atoms with Crippen molar-refractivity contribution in [3.05, 3.63) is 29.3 Å². The van der Waals surface area contributed by atoms with Gasteiger partial charge in [0, 0.05) is 16.6 Å². The number of rotatable bonds is 3. The Hall–Kier alpha value is -0.730. The molecule has 20 heavy (non-hydrogen) atoms. The van der Waals surface area contributed by atoms with Gasteiger partial charge in [-0.05, 0) is 37.1 Å². The molecule has 0 bridgehead atoms. The second kappa shape index (κ2) is 6.82. The molecule has 1 aliphatic carbocycles. The van der Waals surface area contributed by atoms with E-state index in [2.05, 4.69) is 17.0 Å². The van der Waals surface area contributed by atoms with Crippen molar-refractivity contribution in [3.8, 4) is 0 Å². The zero-order valence-electron chi connectivity index (χ0n) is 12.3. The van der Waals surface area contributed by atoms with Crippen LogP contribution in [0.3, 0.4) is 0 Å². The van der Waals surface area contributed by atoms with Crippen LogP contribution in [-0.4, -0.2) is 32.7 Å². The third-order valence-electron chi connectivity index (χ3n) is 4.96. The maximum atomic E-state index is 5.96. The standard InChI is InChI=1S/C17H25ClN2/c18-16-6-8-17(9-7-16)20-12-10-19(11-13-20)14-15-4-2-1-3-5-15/h6-9,15H,1-5,10-14H2/p+1. The molecule has 0 unspecified atom stereocenters. The predicted octanol–water partition coefficient (Wildman–Crippen LogP) is 2.63. The number of quaternary nitrogens is 1. The van der Waals surface area contributed by atoms with Crippen LogP contribution in [0.5, 0.6) is 0 Å². The van der Waals surface area contributed by atoms with Crippen LogP contribution >= 0.6 is 11.6 Å². The smallest absolute Gasteiger partial charge is 0.0949 e. The summed E-state index contributed by atoms with van der Waals surface area (Å²) in [5.41, 5.74) is 1.33. The molecule has 0 amide bonds. The minimum atomic E-state index is 0.829. The number of hydrogen-bond acceptors (Lipinski definition) is 1. The highest BCUT2D eigenvalue weighted by atomic mass is 35.5. The van der Waals surface area contributed by atoms with Crippen LogP contribution in [0.2, 0.25) is 5.02 Å². The van der Waals surface area contributed by atoms with E-state index in [1.807, 2.05) is 17.0 Å². The van der Waals surface area contributed by atoms with Crippen molar-refractivity contribution in [2.24, 2.45) is 5.92 Å². The normalized spacial score (nSPS) is 22.1. The molecule has 1 heterocycles. The maximum Gasteiger partial charge on any atom is 0.0949 e. The molecule has 1 saturated carbocycles. The molecule has 1 N–H and O–H groups in total. The summed E-state index contributed by atoms with van der Waals surface area (Å²) in [6.45, 7) is 6.36. The molecular weight excluding hydrogens is 268 g/mol. The maximum absolute atomic E-state index is 5.96. The van der Waals surface area contributed by atoms with Gasteiger partial charge in [-0.25, -0.2) is 0 Å². The summed E-state index contributed by atoms with van der Waals surface area (Å²) >= 11 is 5.96. The summed E-state index contributed by atoms with van der Waals surface area (Å²) in [7, 11) is 0. The number of anilines is 1. The number of benzene rings is 1. The molecule has 0 radical (unpaired) electrons. The topological polar surface area (TPSA) is 7.68 Å². The Morgan fingerprint density at radius 1 is 1.00 bits per heavy atom. The minimum absolute atomic E-state index is 0.829. The van der Waals surface area contributed by atoms with Gasteiger partial charge in [0.25, 0.3) is 0 Å². The summed E-state index contributed by atoms with van der Waals surface area (Å²) in [5.74, 6) is 1.00. The first-order valence-electron chi connectivity index (χ1n) is 8.15. The average molecular weight is 294 g/mol. The minimum Gasteiger partial charge on any atom is -0.360 e. The number of piperazine rings is 1. The van der Waals surface area contributed by atoms with Crippen molar-refractivity contribution in [3.63, 3.8) is 0 Å². The Kier molecular flexibility index (Phi) is 4.85. The Labute approximate surface area is 127 Å². The number of halogens is 1. The van der Waals surface area contributed by atoms with Crippen molar-refractivity contribution >= 4 is 17.3 Å². The van der Waals surface area contributed by atoms with Crippen molar-refractivity contribution in [1.29, 1.82) is 0 Å². The molecule has 0 atom stereocenters. The zero-order valence-corrected chi connectivity index (χ0v) is 13.0. The third kappa shape index (κ3) is 3.67. The quantitative estimate of drug-likeness (QED) is 0.900. The molecular formula is C17H26ClN2+. The summed E-state index contributed by atoms with van der Waals surface area (Å²) in [5, 5.41) is 0.829. The fourth-order valence-corrected chi connectivity index (χ4v) is 3.86. The van der Waals surface area contributed by atoms with Gasteiger partial charge in [-0.1, -0.05) is 30.9 Å². The predicted molar refractivity (Wildman–Crippen MR) is 85.8 cm³/mol. The molecule has 3 heteroatoms. The lowest BCUT2D eigenvalue weighted by atomic mass is 9.89. The molecule has 0 spiro atoms. The van der Waals surface area contributed by atoms with Crippen molar-refractivity contribution in [2.45, 2.75) is 32.1 Å². The largest absolute Gasteiger partial charge is 0.360 e. The van der Waals surface area contributed by atoms with Crippen LogP contribution in [-0.2, 0) is 0 Å². The zero-order chi connectivity index (χ0) is 13.8. The molecule has 1 aromatic carbocycles. The molecule has 0 aromatic heterocycles. The molecule has 2 aliphatic rings. The molecule has 2 nitrogen and oxygen atoms in total. The van der Waals surface area contributed by atoms with E-state index in [-0.39, 0.29) is 0 Å². The van der Waals surface area contributed by atoms with E-state index in [1.165, 1.54) is 70.5 Å². The van der Waals surface area contributed by atoms with Gasteiger partial charge in [0.2, 0.25) is 0 Å². The molecule has 2 fully saturated rings. The molecule has 1 aliphatic heterocycles. The summed E-state index contributed by atoms with van der Waals surface area (Å²) < 4.78 is 0. The highest BCUT2D eigenvalue weighted by molar-refractivity contribution is 6.30. The molecule has 110 valence electrons. The Morgan fingerprint density at radius 3 is 2.30 bits per heavy atom. The highest BCUT2D eigenvalue weighted by Crippen LogP contribution is 2.22. The number of nitrogens with zero attached hydrogens (tertiary/aromatic N) is 1. The van der Waals surface area contributed by atoms with Crippen LogP contribution in [0.15, 0.2) is 24.3 Å². The number of nitrogens with one attached hydrogen (secondary N) is 1. The number of hydrogen-bond donors (Lipinski definition) is 1. The van der Waals surface area contributed by atoms with Crippen LogP contribution in [0, 0.1) is 5.92 Å². The monoisotopic (exact) mass is 293 g/mol. The summed E-state index contributed by atoms with van der Waals surface area (Å²) in [4.78, 5) is 4.32. The van der Waals surface area contributed by atoms with Crippen LogP contribution in [0.4, 0.5) is 5.69 Å². The van der Waals surface area contributed by atoms with E-state index in [0.717, 1.165) is 10.9 Å². The van der Waals surface area contributed by atoms with Gasteiger partial charge < -0.3 is 9.80 Å². The molecule has 3 rings (SSSR count). The first kappa shape index (κ1) is 14.2. The van der Waals surface area contributed by atoms with Gasteiger partial charge in [0.05, 0.1) is 32.7 Å². The average Bonchev–Trinajstić information content (AvgIpc) is 2.50. The Morgan fingerprint density at radius 2 is 1.65 bits per heavy atom. The molecule has 1 aromatic rings.